The molecule has 0 saturated carbocycles. The van der Waals surface area contributed by atoms with Gasteiger partial charge in [0.1, 0.15) is 0 Å². The van der Waals surface area contributed by atoms with E-state index in [1.165, 1.54) is 22.0 Å². The molecule has 0 radical (unpaired) electrons. The largest absolute Gasteiger partial charge is 0.261 e. The zero-order valence-corrected chi connectivity index (χ0v) is 9.62. The van der Waals surface area contributed by atoms with E-state index in [0.29, 0.717) is 5.92 Å². The first-order valence-electron chi connectivity index (χ1n) is 5.60. The molecule has 0 aliphatic heterocycles. The van der Waals surface area contributed by atoms with Crippen LogP contribution in [0.25, 0.3) is 10.8 Å². The van der Waals surface area contributed by atoms with Gasteiger partial charge >= 0.3 is 0 Å². The molecule has 2 rings (SSSR count). The molecule has 1 heterocycles. The van der Waals surface area contributed by atoms with Crippen molar-refractivity contribution in [2.45, 2.75) is 33.1 Å². The van der Waals surface area contributed by atoms with E-state index in [4.69, 9.17) is 0 Å². The average molecular weight is 199 g/mol. The lowest BCUT2D eigenvalue weighted by Crippen LogP contribution is -1.91. The second-order valence-electron chi connectivity index (χ2n) is 4.25. The third-order valence-electron chi connectivity index (χ3n) is 2.87. The van der Waals surface area contributed by atoms with Crippen molar-refractivity contribution in [2.24, 2.45) is 0 Å². The highest BCUT2D eigenvalue weighted by Gasteiger charge is 2.03. The molecule has 0 aliphatic rings. The molecule has 78 valence electrons. The summed E-state index contributed by atoms with van der Waals surface area (Å²) in [5.74, 6) is 0.590. The summed E-state index contributed by atoms with van der Waals surface area (Å²) < 4.78 is 0. The Balaban J connectivity index is 2.63. The fourth-order valence-corrected chi connectivity index (χ4v) is 1.90. The molecule has 1 aromatic carbocycles. The van der Waals surface area contributed by atoms with Gasteiger partial charge in [-0.25, -0.2) is 0 Å². The number of hydrogen-bond acceptors (Lipinski definition) is 1. The van der Waals surface area contributed by atoms with Crippen LogP contribution in [0.4, 0.5) is 0 Å². The van der Waals surface area contributed by atoms with Crippen molar-refractivity contribution in [1.29, 1.82) is 0 Å². The van der Waals surface area contributed by atoms with Gasteiger partial charge in [0.25, 0.3) is 0 Å². The Kier molecular flexibility index (Phi) is 2.72. The molecule has 0 bridgehead atoms. The number of fused-ring (bicyclic) bond motifs is 1. The van der Waals surface area contributed by atoms with Crippen LogP contribution < -0.4 is 0 Å². The first-order valence-corrected chi connectivity index (χ1v) is 5.60. The van der Waals surface area contributed by atoms with Gasteiger partial charge in [-0.3, -0.25) is 4.98 Å². The smallest absolute Gasteiger partial charge is 0.0479 e. The number of aromatic nitrogens is 1. The van der Waals surface area contributed by atoms with E-state index in [1.54, 1.807) is 0 Å². The first-order chi connectivity index (χ1) is 7.22. The number of hydrogen-bond donors (Lipinski definition) is 0. The fourth-order valence-electron chi connectivity index (χ4n) is 1.90. The monoisotopic (exact) mass is 199 g/mol. The van der Waals surface area contributed by atoms with Gasteiger partial charge in [0.15, 0.2) is 0 Å². The molecule has 0 amide bonds. The quantitative estimate of drug-likeness (QED) is 0.714. The molecule has 0 unspecified atom stereocenters. The normalized spacial score (nSPS) is 11.2. The minimum absolute atomic E-state index is 0.590. The number of benzene rings is 1. The van der Waals surface area contributed by atoms with Crippen LogP contribution in [0, 0.1) is 0 Å². The Morgan fingerprint density at radius 3 is 2.67 bits per heavy atom. The summed E-state index contributed by atoms with van der Waals surface area (Å²) >= 11 is 0. The van der Waals surface area contributed by atoms with Gasteiger partial charge in [0.05, 0.1) is 0 Å². The molecule has 0 spiro atoms. The predicted octanol–water partition coefficient (Wildman–Crippen LogP) is 3.92. The van der Waals surface area contributed by atoms with E-state index in [-0.39, 0.29) is 0 Å². The Bertz CT molecular complexity index is 472. The molecular formula is C14H17N. The van der Waals surface area contributed by atoms with Crippen molar-refractivity contribution in [1.82, 2.24) is 4.98 Å². The van der Waals surface area contributed by atoms with E-state index in [1.807, 2.05) is 6.20 Å². The van der Waals surface area contributed by atoms with Crippen molar-refractivity contribution in [2.75, 3.05) is 0 Å². The Morgan fingerprint density at radius 1 is 1.20 bits per heavy atom. The van der Waals surface area contributed by atoms with Crippen LogP contribution in [0.1, 0.15) is 37.9 Å². The Labute approximate surface area is 91.2 Å². The molecule has 0 fully saturated rings. The second kappa shape index (κ2) is 4.01. The Hall–Kier alpha value is -1.37. The number of pyridine rings is 1. The summed E-state index contributed by atoms with van der Waals surface area (Å²) in [6.07, 6.45) is 2.91. The summed E-state index contributed by atoms with van der Waals surface area (Å²) in [6.45, 7) is 6.60. The lowest BCUT2D eigenvalue weighted by molar-refractivity contribution is 0.868. The van der Waals surface area contributed by atoms with Crippen LogP contribution in [-0.4, -0.2) is 4.98 Å². The van der Waals surface area contributed by atoms with Gasteiger partial charge in [-0.15, -0.1) is 0 Å². The van der Waals surface area contributed by atoms with Crippen LogP contribution in [0.3, 0.4) is 0 Å². The summed E-state index contributed by atoms with van der Waals surface area (Å²) in [5.41, 5.74) is 2.60. The summed E-state index contributed by atoms with van der Waals surface area (Å²) in [4.78, 5) is 4.40. The van der Waals surface area contributed by atoms with Gasteiger partial charge in [0.2, 0.25) is 0 Å². The van der Waals surface area contributed by atoms with Crippen LogP contribution >= 0.6 is 0 Å². The third-order valence-corrected chi connectivity index (χ3v) is 2.87. The van der Waals surface area contributed by atoms with Crippen LogP contribution in [0.2, 0.25) is 0 Å². The molecule has 1 nitrogen and oxygen atoms in total. The lowest BCUT2D eigenvalue weighted by atomic mass is 9.99. The lowest BCUT2D eigenvalue weighted by Gasteiger charge is -2.08. The van der Waals surface area contributed by atoms with Crippen molar-refractivity contribution in [3.05, 3.63) is 41.7 Å². The Morgan fingerprint density at radius 2 is 2.00 bits per heavy atom. The summed E-state index contributed by atoms with van der Waals surface area (Å²) in [7, 11) is 0. The van der Waals surface area contributed by atoms with Crippen molar-refractivity contribution in [3.63, 3.8) is 0 Å². The van der Waals surface area contributed by atoms with E-state index < -0.39 is 0 Å². The van der Waals surface area contributed by atoms with E-state index in [9.17, 15) is 0 Å². The van der Waals surface area contributed by atoms with Crippen LogP contribution in [-0.2, 0) is 6.42 Å². The zero-order chi connectivity index (χ0) is 10.8. The van der Waals surface area contributed by atoms with Crippen molar-refractivity contribution < 1.29 is 0 Å². The zero-order valence-electron chi connectivity index (χ0n) is 9.62. The molecule has 1 heteroatoms. The van der Waals surface area contributed by atoms with Gasteiger partial charge in [-0.05, 0) is 29.4 Å². The summed E-state index contributed by atoms with van der Waals surface area (Å²) in [5, 5.41) is 2.61. The molecule has 0 N–H and O–H groups in total. The first kappa shape index (κ1) is 10.2. The number of nitrogens with zero attached hydrogens (tertiary/aromatic N) is 1. The van der Waals surface area contributed by atoms with E-state index in [2.05, 4.69) is 50.0 Å². The van der Waals surface area contributed by atoms with Gasteiger partial charge < -0.3 is 0 Å². The SMILES string of the molecule is CCc1nccc2cc(C(C)C)ccc12. The molecule has 0 saturated heterocycles. The maximum atomic E-state index is 4.40. The standard InChI is InChI=1S/C14H17N/c1-4-14-13-6-5-11(10(2)3)9-12(13)7-8-15-14/h5-10H,4H2,1-3H3. The molecular weight excluding hydrogens is 182 g/mol. The molecule has 0 aliphatic carbocycles. The number of rotatable bonds is 2. The van der Waals surface area contributed by atoms with Crippen molar-refractivity contribution in [3.8, 4) is 0 Å². The van der Waals surface area contributed by atoms with Crippen LogP contribution in [0.15, 0.2) is 30.5 Å². The predicted molar refractivity (Wildman–Crippen MR) is 65.2 cm³/mol. The van der Waals surface area contributed by atoms with E-state index in [0.717, 1.165) is 6.42 Å². The minimum atomic E-state index is 0.590. The highest BCUT2D eigenvalue weighted by molar-refractivity contribution is 5.85. The highest BCUT2D eigenvalue weighted by Crippen LogP contribution is 2.22. The molecule has 1 aromatic heterocycles. The van der Waals surface area contributed by atoms with Gasteiger partial charge in [-0.1, -0.05) is 39.0 Å². The maximum absolute atomic E-state index is 4.40. The van der Waals surface area contributed by atoms with Crippen molar-refractivity contribution >= 4 is 10.8 Å². The third kappa shape index (κ3) is 1.87. The molecule has 0 atom stereocenters. The topological polar surface area (TPSA) is 12.9 Å². The molecule has 2 aromatic rings. The summed E-state index contributed by atoms with van der Waals surface area (Å²) in [6, 6.07) is 8.80. The van der Waals surface area contributed by atoms with E-state index >= 15 is 0 Å². The minimum Gasteiger partial charge on any atom is -0.261 e. The second-order valence-corrected chi connectivity index (χ2v) is 4.25. The average Bonchev–Trinajstić information content (AvgIpc) is 2.27. The van der Waals surface area contributed by atoms with Gasteiger partial charge in [-0.2, -0.15) is 0 Å². The molecule has 15 heavy (non-hydrogen) atoms. The van der Waals surface area contributed by atoms with Crippen LogP contribution in [0.5, 0.6) is 0 Å². The van der Waals surface area contributed by atoms with Gasteiger partial charge in [0, 0.05) is 17.3 Å². The maximum Gasteiger partial charge on any atom is 0.0479 e. The highest BCUT2D eigenvalue weighted by atomic mass is 14.7. The number of aryl methyl sites for hydroxylation is 1. The fraction of sp³-hybridized carbons (Fsp3) is 0.357.